The van der Waals surface area contributed by atoms with E-state index < -0.39 is 6.04 Å². The van der Waals surface area contributed by atoms with Crippen molar-refractivity contribution in [2.45, 2.75) is 153 Å². The van der Waals surface area contributed by atoms with Gasteiger partial charge in [0.15, 0.2) is 0 Å². The Balaban J connectivity index is 0.836. The molecule has 0 aromatic carbocycles. The van der Waals surface area contributed by atoms with Gasteiger partial charge >= 0.3 is 0 Å². The van der Waals surface area contributed by atoms with Crippen LogP contribution in [0.5, 0.6) is 0 Å². The molecule has 2 aliphatic heterocycles. The highest BCUT2D eigenvalue weighted by Crippen LogP contribution is 2.46. The van der Waals surface area contributed by atoms with E-state index in [9.17, 15) is 19.5 Å². The van der Waals surface area contributed by atoms with Crippen molar-refractivity contribution in [3.05, 3.63) is 11.1 Å². The average Bonchev–Trinajstić information content (AvgIpc) is 3.48. The maximum atomic E-state index is 13.2. The summed E-state index contributed by atoms with van der Waals surface area (Å²) in [5.74, 6) is 1.54. The fourth-order valence-electron chi connectivity index (χ4n) is 10.6. The summed E-state index contributed by atoms with van der Waals surface area (Å²) < 4.78 is 24.1. The van der Waals surface area contributed by atoms with Crippen LogP contribution in [0.15, 0.2) is 11.1 Å². The maximum Gasteiger partial charge on any atom is 0.249 e. The molecule has 6 fully saturated rings. The molecule has 0 spiro atoms. The van der Waals surface area contributed by atoms with Crippen LogP contribution in [0.1, 0.15) is 129 Å². The molecule has 4 aliphatic carbocycles. The minimum atomic E-state index is -0.547. The second kappa shape index (κ2) is 19.5. The van der Waals surface area contributed by atoms with E-state index in [-0.39, 0.29) is 48.2 Å². The van der Waals surface area contributed by atoms with E-state index in [2.05, 4.69) is 12.2 Å². The number of rotatable bonds is 16. The number of likely N-dealkylation sites (tertiary alicyclic amines) is 1. The third-order valence-electron chi connectivity index (χ3n) is 13.2. The molecule has 288 valence electrons. The molecule has 10 heteroatoms. The number of fused-ring (bicyclic) bond motifs is 1. The number of hydrogen-bond acceptors (Lipinski definition) is 8. The Kier molecular flexibility index (Phi) is 14.8. The zero-order chi connectivity index (χ0) is 35.6. The second-order valence-electron chi connectivity index (χ2n) is 16.3. The summed E-state index contributed by atoms with van der Waals surface area (Å²) in [7, 11) is 0. The molecule has 6 rings (SSSR count). The van der Waals surface area contributed by atoms with Crippen LogP contribution in [0.4, 0.5) is 0 Å². The fourth-order valence-corrected chi connectivity index (χ4v) is 10.6. The predicted octanol–water partition coefficient (Wildman–Crippen LogP) is 5.88. The molecule has 10 nitrogen and oxygen atoms in total. The Morgan fingerprint density at radius 1 is 0.706 bits per heavy atom. The quantitative estimate of drug-likeness (QED) is 0.116. The van der Waals surface area contributed by atoms with E-state index >= 15 is 0 Å². The molecule has 0 aromatic rings. The number of nitrogens with one attached hydrogen (secondary N) is 1. The highest BCUT2D eigenvalue weighted by molar-refractivity contribution is 6.02. The monoisotopic (exact) mass is 714 g/mol. The number of ether oxygens (including phenoxy) is 4. The number of carbonyl (C=O) groups is 3. The lowest BCUT2D eigenvalue weighted by molar-refractivity contribution is -0.144. The standard InChI is InChI=1S/C41H66N2O8/c1-2-33(28-7-4-3-5-8-28)39(29-11-15-31(44)16-12-29)30-13-17-32(18-14-30)50-25-23-48-21-22-49-24-26-51-37-10-6-9-34-35(37)27-43(41(34)47)36-19-20-38(45)42-40(36)46/h28-32,34-37,44H,2-27H2,1H3,(H,42,45,46)/b39-33-. The Morgan fingerprint density at radius 2 is 1.35 bits per heavy atom. The van der Waals surface area contributed by atoms with Gasteiger partial charge in [-0.2, -0.15) is 0 Å². The van der Waals surface area contributed by atoms with Crippen LogP contribution < -0.4 is 5.32 Å². The molecule has 4 unspecified atom stereocenters. The molecular weight excluding hydrogens is 648 g/mol. The molecule has 0 bridgehead atoms. The molecule has 0 aromatic heterocycles. The number of aliphatic hydroxyl groups is 1. The van der Waals surface area contributed by atoms with Crippen molar-refractivity contribution in [2.75, 3.05) is 46.2 Å². The van der Waals surface area contributed by atoms with Gasteiger partial charge in [-0.25, -0.2) is 0 Å². The van der Waals surface area contributed by atoms with Crippen LogP contribution >= 0.6 is 0 Å². The lowest BCUT2D eigenvalue weighted by Gasteiger charge is -2.39. The number of hydrogen-bond donors (Lipinski definition) is 2. The van der Waals surface area contributed by atoms with Crippen LogP contribution in [0.3, 0.4) is 0 Å². The lowest BCUT2D eigenvalue weighted by Crippen LogP contribution is -2.53. The number of allylic oxidation sites excluding steroid dienone is 2. The van der Waals surface area contributed by atoms with Crippen molar-refractivity contribution in [2.24, 2.45) is 29.6 Å². The summed E-state index contributed by atoms with van der Waals surface area (Å²) in [6.07, 6.45) is 20.6. The van der Waals surface area contributed by atoms with Gasteiger partial charge < -0.3 is 29.0 Å². The molecular formula is C41H66N2O8. The van der Waals surface area contributed by atoms with E-state index in [1.807, 2.05) is 5.57 Å². The summed E-state index contributed by atoms with van der Waals surface area (Å²) in [6, 6.07) is -0.547. The smallest absolute Gasteiger partial charge is 0.249 e. The van der Waals surface area contributed by atoms with E-state index in [0.29, 0.717) is 70.5 Å². The molecule has 2 saturated heterocycles. The van der Waals surface area contributed by atoms with Crippen molar-refractivity contribution in [3.63, 3.8) is 0 Å². The predicted molar refractivity (Wildman–Crippen MR) is 194 cm³/mol. The summed E-state index contributed by atoms with van der Waals surface area (Å²) in [6.45, 7) is 6.05. The molecule has 4 saturated carbocycles. The van der Waals surface area contributed by atoms with Crippen molar-refractivity contribution >= 4 is 17.7 Å². The van der Waals surface area contributed by atoms with Crippen LogP contribution in [0.25, 0.3) is 0 Å². The third kappa shape index (κ3) is 10.2. The average molecular weight is 715 g/mol. The first-order chi connectivity index (χ1) is 24.9. The largest absolute Gasteiger partial charge is 0.393 e. The van der Waals surface area contributed by atoms with Gasteiger partial charge in [0.2, 0.25) is 17.7 Å². The number of carbonyl (C=O) groups excluding carboxylic acids is 3. The van der Waals surface area contributed by atoms with Crippen molar-refractivity contribution in [3.8, 4) is 0 Å². The van der Waals surface area contributed by atoms with Crippen LogP contribution in [-0.2, 0) is 33.3 Å². The third-order valence-corrected chi connectivity index (χ3v) is 13.2. The molecule has 2 N–H and O–H groups in total. The Bertz CT molecular complexity index is 1170. The molecule has 2 heterocycles. The van der Waals surface area contributed by atoms with Crippen LogP contribution in [0.2, 0.25) is 0 Å². The first-order valence-corrected chi connectivity index (χ1v) is 20.9. The minimum Gasteiger partial charge on any atom is -0.393 e. The van der Waals surface area contributed by atoms with Gasteiger partial charge in [-0.3, -0.25) is 19.7 Å². The summed E-state index contributed by atoms with van der Waals surface area (Å²) in [5, 5.41) is 12.6. The lowest BCUT2D eigenvalue weighted by atomic mass is 9.68. The molecule has 0 radical (unpaired) electrons. The summed E-state index contributed by atoms with van der Waals surface area (Å²) in [4.78, 5) is 38.8. The molecule has 51 heavy (non-hydrogen) atoms. The van der Waals surface area contributed by atoms with Gasteiger partial charge in [-0.05, 0) is 108 Å². The van der Waals surface area contributed by atoms with Crippen molar-refractivity contribution < 1.29 is 38.4 Å². The Labute approximate surface area is 306 Å². The number of amides is 3. The van der Waals surface area contributed by atoms with Crippen LogP contribution in [-0.4, -0.2) is 98.3 Å². The number of nitrogens with zero attached hydrogens (tertiary/aromatic N) is 1. The molecule has 4 atom stereocenters. The first-order valence-electron chi connectivity index (χ1n) is 20.9. The van der Waals surface area contributed by atoms with Crippen molar-refractivity contribution in [1.29, 1.82) is 0 Å². The zero-order valence-corrected chi connectivity index (χ0v) is 31.3. The summed E-state index contributed by atoms with van der Waals surface area (Å²) in [5.41, 5.74) is 3.62. The van der Waals surface area contributed by atoms with E-state index in [1.54, 1.807) is 10.5 Å². The van der Waals surface area contributed by atoms with Crippen molar-refractivity contribution in [1.82, 2.24) is 10.2 Å². The van der Waals surface area contributed by atoms with Crippen LogP contribution in [0, 0.1) is 29.6 Å². The van der Waals surface area contributed by atoms with E-state index in [4.69, 9.17) is 18.9 Å². The molecule has 3 amide bonds. The highest BCUT2D eigenvalue weighted by atomic mass is 16.6. The fraction of sp³-hybridized carbons (Fsp3) is 0.878. The Hall–Kier alpha value is -1.85. The highest BCUT2D eigenvalue weighted by Gasteiger charge is 2.50. The molecule has 6 aliphatic rings. The number of aliphatic hydroxyl groups excluding tert-OH is 1. The normalized spacial score (nSPS) is 34.3. The van der Waals surface area contributed by atoms with Gasteiger partial charge in [0.05, 0.1) is 58.0 Å². The van der Waals surface area contributed by atoms with Gasteiger partial charge in [-0.1, -0.05) is 43.8 Å². The second-order valence-corrected chi connectivity index (χ2v) is 16.3. The number of piperidine rings is 1. The van der Waals surface area contributed by atoms with Gasteiger partial charge in [0.25, 0.3) is 0 Å². The van der Waals surface area contributed by atoms with Gasteiger partial charge in [-0.15, -0.1) is 0 Å². The Morgan fingerprint density at radius 3 is 2.02 bits per heavy atom. The van der Waals surface area contributed by atoms with Gasteiger partial charge in [0, 0.05) is 24.8 Å². The zero-order valence-electron chi connectivity index (χ0n) is 31.3. The first kappa shape index (κ1) is 38.9. The maximum absolute atomic E-state index is 13.2. The van der Waals surface area contributed by atoms with E-state index in [0.717, 1.165) is 63.7 Å². The van der Waals surface area contributed by atoms with E-state index in [1.165, 1.54) is 51.4 Å². The number of imide groups is 1. The summed E-state index contributed by atoms with van der Waals surface area (Å²) >= 11 is 0. The minimum absolute atomic E-state index is 0.0208. The SMILES string of the molecule is CC/C(=C(\C1CCC(O)CC1)C1CCC(OCCOCCOCCOC2CCCC3C(=O)N(C4CCC(=O)NC4=O)CC23)CC1)C1CCCCC1. The van der Waals surface area contributed by atoms with Gasteiger partial charge in [0.1, 0.15) is 6.04 Å². The topological polar surface area (TPSA) is 124 Å².